The van der Waals surface area contributed by atoms with E-state index in [4.69, 9.17) is 4.52 Å². The van der Waals surface area contributed by atoms with Crippen LogP contribution in [0.2, 0.25) is 0 Å². The van der Waals surface area contributed by atoms with Gasteiger partial charge in [0.2, 0.25) is 0 Å². The fraction of sp³-hybridized carbons (Fsp3) is 0.533. The van der Waals surface area contributed by atoms with Gasteiger partial charge in [0, 0.05) is 36.3 Å². The Morgan fingerprint density at radius 2 is 2.27 bits per heavy atom. The van der Waals surface area contributed by atoms with E-state index in [1.54, 1.807) is 0 Å². The van der Waals surface area contributed by atoms with Crippen molar-refractivity contribution in [1.29, 1.82) is 0 Å². The van der Waals surface area contributed by atoms with E-state index in [1.165, 1.54) is 0 Å². The van der Waals surface area contributed by atoms with Gasteiger partial charge >= 0.3 is 0 Å². The maximum atomic E-state index is 12.6. The van der Waals surface area contributed by atoms with E-state index < -0.39 is 0 Å². The number of nitrogens with one attached hydrogen (secondary N) is 3. The number of rotatable bonds is 4. The third-order valence-corrected chi connectivity index (χ3v) is 4.17. The molecule has 3 heterocycles. The van der Waals surface area contributed by atoms with Crippen molar-refractivity contribution in [2.75, 3.05) is 6.54 Å². The van der Waals surface area contributed by atoms with Gasteiger partial charge < -0.3 is 15.2 Å². The van der Waals surface area contributed by atoms with Crippen LogP contribution in [0.1, 0.15) is 58.1 Å². The quantitative estimate of drug-likeness (QED) is 0.796. The molecule has 0 saturated carbocycles. The minimum absolute atomic E-state index is 0.123. The number of hydrogen-bond acceptors (Lipinski definition) is 5. The molecular weight excluding hydrogens is 282 g/mol. The van der Waals surface area contributed by atoms with Gasteiger partial charge in [-0.3, -0.25) is 9.89 Å². The second kappa shape index (κ2) is 5.92. The lowest BCUT2D eigenvalue weighted by Gasteiger charge is -2.17. The SMILES string of the molecule is CCC(NC(=O)c1n[nH]c2c1CNCC2)c1c(C)noc1C. The van der Waals surface area contributed by atoms with Gasteiger partial charge in [0.1, 0.15) is 5.76 Å². The maximum Gasteiger partial charge on any atom is 0.272 e. The van der Waals surface area contributed by atoms with Crippen molar-refractivity contribution in [1.82, 2.24) is 26.0 Å². The molecule has 0 aliphatic carbocycles. The molecule has 7 heteroatoms. The summed E-state index contributed by atoms with van der Waals surface area (Å²) < 4.78 is 5.21. The number of H-pyrrole nitrogens is 1. The number of carbonyl (C=O) groups is 1. The zero-order valence-electron chi connectivity index (χ0n) is 13.1. The Hall–Kier alpha value is -2.15. The van der Waals surface area contributed by atoms with E-state index in [0.717, 1.165) is 47.7 Å². The Balaban J connectivity index is 1.82. The molecule has 0 fully saturated rings. The van der Waals surface area contributed by atoms with Crippen molar-refractivity contribution < 1.29 is 9.32 Å². The summed E-state index contributed by atoms with van der Waals surface area (Å²) in [6.45, 7) is 7.37. The van der Waals surface area contributed by atoms with E-state index in [0.29, 0.717) is 12.2 Å². The Kier molecular flexibility index (Phi) is 3.98. The van der Waals surface area contributed by atoms with Crippen LogP contribution in [0.25, 0.3) is 0 Å². The summed E-state index contributed by atoms with van der Waals surface area (Å²) in [5, 5.41) is 17.5. The average molecular weight is 303 g/mol. The van der Waals surface area contributed by atoms with Crippen LogP contribution >= 0.6 is 0 Å². The van der Waals surface area contributed by atoms with E-state index in [-0.39, 0.29) is 11.9 Å². The zero-order valence-corrected chi connectivity index (χ0v) is 13.1. The van der Waals surface area contributed by atoms with Crippen LogP contribution in [-0.2, 0) is 13.0 Å². The number of carbonyl (C=O) groups excluding carboxylic acids is 1. The smallest absolute Gasteiger partial charge is 0.272 e. The van der Waals surface area contributed by atoms with Crippen LogP contribution in [0, 0.1) is 13.8 Å². The van der Waals surface area contributed by atoms with Gasteiger partial charge in [-0.25, -0.2) is 0 Å². The molecule has 118 valence electrons. The highest BCUT2D eigenvalue weighted by atomic mass is 16.5. The number of hydrogen-bond donors (Lipinski definition) is 3. The normalized spacial score (nSPS) is 15.4. The fourth-order valence-corrected chi connectivity index (χ4v) is 3.01. The fourth-order valence-electron chi connectivity index (χ4n) is 3.01. The topological polar surface area (TPSA) is 95.8 Å². The first-order chi connectivity index (χ1) is 10.6. The molecule has 22 heavy (non-hydrogen) atoms. The molecule has 2 aromatic rings. The number of aromatic nitrogens is 3. The predicted octanol–water partition coefficient (Wildman–Crippen LogP) is 1.54. The highest BCUT2D eigenvalue weighted by molar-refractivity contribution is 5.94. The molecule has 0 aromatic carbocycles. The molecule has 0 saturated heterocycles. The Morgan fingerprint density at radius 3 is 2.95 bits per heavy atom. The van der Waals surface area contributed by atoms with Crippen LogP contribution in [0.5, 0.6) is 0 Å². The van der Waals surface area contributed by atoms with Gasteiger partial charge in [-0.15, -0.1) is 0 Å². The average Bonchev–Trinajstić information content (AvgIpc) is 3.09. The first-order valence-corrected chi connectivity index (χ1v) is 7.62. The lowest BCUT2D eigenvalue weighted by atomic mass is 10.0. The molecular formula is C15H21N5O2. The number of aromatic amines is 1. The number of amides is 1. The maximum absolute atomic E-state index is 12.6. The second-order valence-electron chi connectivity index (χ2n) is 5.63. The molecule has 1 amide bonds. The molecule has 0 bridgehead atoms. The van der Waals surface area contributed by atoms with Gasteiger partial charge in [-0.05, 0) is 20.3 Å². The van der Waals surface area contributed by atoms with Crippen LogP contribution in [0.3, 0.4) is 0 Å². The molecule has 1 unspecified atom stereocenters. The van der Waals surface area contributed by atoms with Crippen molar-refractivity contribution in [3.05, 3.63) is 34.0 Å². The van der Waals surface area contributed by atoms with E-state index in [2.05, 4.69) is 26.0 Å². The van der Waals surface area contributed by atoms with E-state index in [1.807, 2.05) is 20.8 Å². The summed E-state index contributed by atoms with van der Waals surface area (Å²) in [5.41, 5.74) is 4.27. The summed E-state index contributed by atoms with van der Waals surface area (Å²) in [7, 11) is 0. The molecule has 0 spiro atoms. The largest absolute Gasteiger partial charge is 0.361 e. The summed E-state index contributed by atoms with van der Waals surface area (Å²) in [5.74, 6) is 0.587. The predicted molar refractivity (Wildman–Crippen MR) is 80.5 cm³/mol. The minimum Gasteiger partial charge on any atom is -0.361 e. The first-order valence-electron chi connectivity index (χ1n) is 7.62. The summed E-state index contributed by atoms with van der Waals surface area (Å²) in [4.78, 5) is 12.6. The van der Waals surface area contributed by atoms with Crippen molar-refractivity contribution >= 4 is 5.91 Å². The summed E-state index contributed by atoms with van der Waals surface area (Å²) >= 11 is 0. The Labute approximate surface area is 128 Å². The molecule has 3 rings (SSSR count). The van der Waals surface area contributed by atoms with Gasteiger partial charge in [-0.2, -0.15) is 5.10 Å². The molecule has 1 atom stereocenters. The molecule has 1 aliphatic rings. The monoisotopic (exact) mass is 303 g/mol. The van der Waals surface area contributed by atoms with Crippen molar-refractivity contribution in [3.8, 4) is 0 Å². The Bertz CT molecular complexity index is 669. The van der Waals surface area contributed by atoms with Crippen LogP contribution < -0.4 is 10.6 Å². The Morgan fingerprint density at radius 1 is 1.45 bits per heavy atom. The van der Waals surface area contributed by atoms with Crippen molar-refractivity contribution in [3.63, 3.8) is 0 Å². The summed E-state index contributed by atoms with van der Waals surface area (Å²) in [6, 6.07) is -0.123. The highest BCUT2D eigenvalue weighted by Crippen LogP contribution is 2.25. The second-order valence-corrected chi connectivity index (χ2v) is 5.63. The van der Waals surface area contributed by atoms with Gasteiger partial charge in [0.15, 0.2) is 5.69 Å². The number of aryl methyl sites for hydroxylation is 2. The first kappa shape index (κ1) is 14.8. The van der Waals surface area contributed by atoms with Crippen LogP contribution in [0.15, 0.2) is 4.52 Å². The van der Waals surface area contributed by atoms with Crippen LogP contribution in [-0.4, -0.2) is 27.8 Å². The molecule has 0 radical (unpaired) electrons. The molecule has 3 N–H and O–H groups in total. The molecule has 7 nitrogen and oxygen atoms in total. The van der Waals surface area contributed by atoms with Crippen molar-refractivity contribution in [2.24, 2.45) is 0 Å². The van der Waals surface area contributed by atoms with E-state index in [9.17, 15) is 4.79 Å². The third-order valence-electron chi connectivity index (χ3n) is 4.17. The molecule has 1 aliphatic heterocycles. The minimum atomic E-state index is -0.159. The van der Waals surface area contributed by atoms with Gasteiger partial charge in [-0.1, -0.05) is 12.1 Å². The van der Waals surface area contributed by atoms with Gasteiger partial charge in [0.25, 0.3) is 5.91 Å². The highest BCUT2D eigenvalue weighted by Gasteiger charge is 2.25. The van der Waals surface area contributed by atoms with E-state index >= 15 is 0 Å². The number of fused-ring (bicyclic) bond motifs is 1. The lowest BCUT2D eigenvalue weighted by Crippen LogP contribution is -2.31. The zero-order chi connectivity index (χ0) is 15.7. The lowest BCUT2D eigenvalue weighted by molar-refractivity contribution is 0.0929. The summed E-state index contributed by atoms with van der Waals surface area (Å²) in [6.07, 6.45) is 1.64. The van der Waals surface area contributed by atoms with Crippen LogP contribution in [0.4, 0.5) is 0 Å². The standard InChI is InChI=1S/C15H21N5O2/c1-4-11(13-8(2)20-22-9(13)3)17-15(21)14-10-7-16-6-5-12(10)18-19-14/h11,16H,4-7H2,1-3H3,(H,17,21)(H,18,19). The van der Waals surface area contributed by atoms with Gasteiger partial charge in [0.05, 0.1) is 11.7 Å². The third kappa shape index (κ3) is 2.52. The van der Waals surface area contributed by atoms with Crippen molar-refractivity contribution in [2.45, 2.75) is 46.2 Å². The number of nitrogens with zero attached hydrogens (tertiary/aromatic N) is 2. The molecule has 2 aromatic heterocycles.